The van der Waals surface area contributed by atoms with Gasteiger partial charge in [0.2, 0.25) is 0 Å². The van der Waals surface area contributed by atoms with E-state index in [0.29, 0.717) is 17.8 Å². The molecule has 1 unspecified atom stereocenters. The van der Waals surface area contributed by atoms with Crippen molar-refractivity contribution in [3.05, 3.63) is 17.0 Å². The number of β-amino-alcohol motifs (C(OH)–C–C–N with tert-alkyl or cyclic N) is 1. The number of rotatable bonds is 3. The smallest absolute Gasteiger partial charge is 0.252 e. The summed E-state index contributed by atoms with van der Waals surface area (Å²) in [5.74, 6) is 0. The molecule has 8 heteroatoms. The molecule has 1 aliphatic heterocycles. The van der Waals surface area contributed by atoms with Gasteiger partial charge < -0.3 is 10.8 Å². The van der Waals surface area contributed by atoms with Gasteiger partial charge in [-0.2, -0.15) is 4.31 Å². The van der Waals surface area contributed by atoms with Crippen molar-refractivity contribution in [2.75, 3.05) is 13.1 Å². The summed E-state index contributed by atoms with van der Waals surface area (Å²) in [5, 5.41) is 9.36. The second-order valence-corrected chi connectivity index (χ2v) is 7.48. The van der Waals surface area contributed by atoms with Crippen LogP contribution in [0.5, 0.6) is 0 Å². The number of nitrogens with zero attached hydrogens (tertiary/aromatic N) is 1. The first-order valence-corrected chi connectivity index (χ1v) is 7.65. The van der Waals surface area contributed by atoms with Crippen molar-refractivity contribution in [1.82, 2.24) is 4.31 Å². The molecule has 1 aromatic rings. The van der Waals surface area contributed by atoms with E-state index in [0.717, 1.165) is 11.3 Å². The molecule has 1 aliphatic rings. The topological polar surface area (TPSA) is 83.6 Å². The number of nitrogens with two attached hydrogens (primary N) is 1. The highest BCUT2D eigenvalue weighted by Gasteiger charge is 2.32. The van der Waals surface area contributed by atoms with Crippen molar-refractivity contribution in [2.24, 2.45) is 5.73 Å². The molecule has 0 saturated carbocycles. The van der Waals surface area contributed by atoms with E-state index in [1.54, 1.807) is 6.07 Å². The first-order valence-electron chi connectivity index (χ1n) is 4.99. The maximum atomic E-state index is 12.2. The van der Waals surface area contributed by atoms with Gasteiger partial charge in [0, 0.05) is 13.1 Å². The molecule has 0 amide bonds. The van der Waals surface area contributed by atoms with Gasteiger partial charge in [0.05, 0.1) is 11.0 Å². The Kier molecular flexibility index (Phi) is 3.50. The second-order valence-electron chi connectivity index (χ2n) is 3.79. The number of thiocarbonyl (C=S) groups is 1. The van der Waals surface area contributed by atoms with Gasteiger partial charge in [-0.05, 0) is 18.6 Å². The Morgan fingerprint density at radius 3 is 2.76 bits per heavy atom. The van der Waals surface area contributed by atoms with Crippen molar-refractivity contribution in [1.29, 1.82) is 0 Å². The summed E-state index contributed by atoms with van der Waals surface area (Å²) < 4.78 is 25.8. The van der Waals surface area contributed by atoms with Crippen molar-refractivity contribution in [2.45, 2.75) is 16.7 Å². The molecule has 3 N–H and O–H groups in total. The van der Waals surface area contributed by atoms with Crippen molar-refractivity contribution < 1.29 is 13.5 Å². The Labute approximate surface area is 109 Å². The molecule has 94 valence electrons. The zero-order chi connectivity index (χ0) is 12.6. The molecule has 0 radical (unpaired) electrons. The highest BCUT2D eigenvalue weighted by atomic mass is 32.2. The lowest BCUT2D eigenvalue weighted by atomic mass is 10.3. The largest absolute Gasteiger partial charge is 0.392 e. The molecule has 1 fully saturated rings. The number of thiophene rings is 1. The van der Waals surface area contributed by atoms with Gasteiger partial charge in [-0.15, -0.1) is 11.3 Å². The highest BCUT2D eigenvalue weighted by molar-refractivity contribution is 7.91. The first-order chi connectivity index (χ1) is 7.91. The third-order valence-electron chi connectivity index (χ3n) is 2.54. The van der Waals surface area contributed by atoms with E-state index in [-0.39, 0.29) is 15.7 Å². The van der Waals surface area contributed by atoms with Crippen LogP contribution >= 0.6 is 23.6 Å². The lowest BCUT2D eigenvalue weighted by molar-refractivity contribution is 0.189. The van der Waals surface area contributed by atoms with Gasteiger partial charge in [0.15, 0.2) is 0 Å². The molecular weight excluding hydrogens is 280 g/mol. The van der Waals surface area contributed by atoms with Gasteiger partial charge in [0.1, 0.15) is 9.20 Å². The maximum absolute atomic E-state index is 12.2. The third kappa shape index (κ3) is 2.50. The first kappa shape index (κ1) is 12.9. The Morgan fingerprint density at radius 1 is 1.59 bits per heavy atom. The van der Waals surface area contributed by atoms with E-state index in [1.165, 1.54) is 10.4 Å². The molecule has 0 aromatic carbocycles. The zero-order valence-corrected chi connectivity index (χ0v) is 11.3. The zero-order valence-electron chi connectivity index (χ0n) is 8.87. The molecule has 2 rings (SSSR count). The standard InChI is InChI=1S/C9H12N2O3S3/c10-9(15)7-1-2-8(16-7)17(13,14)11-4-3-6(12)5-11/h1-2,6,12H,3-5H2,(H2,10,15). The normalized spacial score (nSPS) is 21.8. The fraction of sp³-hybridized carbons (Fsp3) is 0.444. The lowest BCUT2D eigenvalue weighted by Crippen LogP contribution is -2.29. The van der Waals surface area contributed by atoms with Gasteiger partial charge >= 0.3 is 0 Å². The lowest BCUT2D eigenvalue weighted by Gasteiger charge is -2.13. The molecule has 17 heavy (non-hydrogen) atoms. The minimum Gasteiger partial charge on any atom is -0.392 e. The second kappa shape index (κ2) is 4.62. The number of hydrogen-bond donors (Lipinski definition) is 2. The minimum absolute atomic E-state index is 0.155. The molecule has 0 aliphatic carbocycles. The van der Waals surface area contributed by atoms with E-state index in [1.807, 2.05) is 0 Å². The summed E-state index contributed by atoms with van der Waals surface area (Å²) in [7, 11) is -3.51. The fourth-order valence-corrected chi connectivity index (χ4v) is 4.65. The quantitative estimate of drug-likeness (QED) is 0.774. The molecule has 1 saturated heterocycles. The fourth-order valence-electron chi connectivity index (χ4n) is 1.65. The summed E-state index contributed by atoms with van der Waals surface area (Å²) >= 11 is 5.85. The summed E-state index contributed by atoms with van der Waals surface area (Å²) in [5.41, 5.74) is 5.44. The predicted octanol–water partition coefficient (Wildman–Crippen LogP) is 0.138. The predicted molar refractivity (Wildman–Crippen MR) is 69.6 cm³/mol. The van der Waals surface area contributed by atoms with E-state index >= 15 is 0 Å². The Balaban J connectivity index is 2.28. The van der Waals surface area contributed by atoms with E-state index in [9.17, 15) is 13.5 Å². The number of hydrogen-bond acceptors (Lipinski definition) is 5. The SMILES string of the molecule is NC(=S)c1ccc(S(=O)(=O)N2CCC(O)C2)s1. The van der Waals surface area contributed by atoms with E-state index in [4.69, 9.17) is 18.0 Å². The van der Waals surface area contributed by atoms with Crippen LogP contribution < -0.4 is 5.73 Å². The van der Waals surface area contributed by atoms with Crippen LogP contribution in [0.2, 0.25) is 0 Å². The van der Waals surface area contributed by atoms with Crippen LogP contribution in [-0.4, -0.2) is 42.0 Å². The van der Waals surface area contributed by atoms with Crippen LogP contribution in [0.4, 0.5) is 0 Å². The Bertz CT molecular complexity index is 537. The molecule has 0 spiro atoms. The summed E-state index contributed by atoms with van der Waals surface area (Å²) in [6.45, 7) is 0.506. The molecular formula is C9H12N2O3S3. The number of sulfonamides is 1. The third-order valence-corrected chi connectivity index (χ3v) is 6.34. The summed E-state index contributed by atoms with van der Waals surface area (Å²) in [6, 6.07) is 3.10. The number of aliphatic hydroxyl groups is 1. The van der Waals surface area contributed by atoms with Crippen LogP contribution in [0.15, 0.2) is 16.3 Å². The Hall–Kier alpha value is -0.540. The summed E-state index contributed by atoms with van der Waals surface area (Å²) in [6.07, 6.45) is -0.0907. The highest BCUT2D eigenvalue weighted by Crippen LogP contribution is 2.27. The van der Waals surface area contributed by atoms with Crippen molar-refractivity contribution >= 4 is 38.6 Å². The van der Waals surface area contributed by atoms with Gasteiger partial charge in [-0.1, -0.05) is 12.2 Å². The Morgan fingerprint density at radius 2 is 2.29 bits per heavy atom. The van der Waals surface area contributed by atoms with Crippen LogP contribution in [0.1, 0.15) is 11.3 Å². The minimum atomic E-state index is -3.51. The maximum Gasteiger partial charge on any atom is 0.252 e. The monoisotopic (exact) mass is 292 g/mol. The van der Waals surface area contributed by atoms with Crippen LogP contribution in [0.25, 0.3) is 0 Å². The van der Waals surface area contributed by atoms with Gasteiger partial charge in [-0.25, -0.2) is 8.42 Å². The van der Waals surface area contributed by atoms with E-state index < -0.39 is 16.1 Å². The average Bonchev–Trinajstić information content (AvgIpc) is 2.85. The molecule has 0 bridgehead atoms. The molecule has 1 atom stereocenters. The van der Waals surface area contributed by atoms with Crippen LogP contribution in [0.3, 0.4) is 0 Å². The van der Waals surface area contributed by atoms with Crippen molar-refractivity contribution in [3.8, 4) is 0 Å². The molecule has 1 aromatic heterocycles. The van der Waals surface area contributed by atoms with Crippen LogP contribution in [-0.2, 0) is 10.0 Å². The molecule has 5 nitrogen and oxygen atoms in total. The van der Waals surface area contributed by atoms with Crippen LogP contribution in [0, 0.1) is 0 Å². The molecule has 2 heterocycles. The summed E-state index contributed by atoms with van der Waals surface area (Å²) in [4.78, 5) is 0.774. The number of aliphatic hydroxyl groups excluding tert-OH is 1. The van der Waals surface area contributed by atoms with Gasteiger partial charge in [0.25, 0.3) is 10.0 Å². The average molecular weight is 292 g/mol. The van der Waals surface area contributed by atoms with Gasteiger partial charge in [-0.3, -0.25) is 0 Å². The van der Waals surface area contributed by atoms with E-state index in [2.05, 4.69) is 0 Å². The van der Waals surface area contributed by atoms with Crippen molar-refractivity contribution in [3.63, 3.8) is 0 Å².